The Labute approximate surface area is 258 Å². The molecule has 0 aromatic carbocycles. The molecule has 0 radical (unpaired) electrons. The number of hydrogen-bond donors (Lipinski definition) is 0. The largest absolute Gasteiger partial charge is 0.355 e. The van der Waals surface area contributed by atoms with Crippen LogP contribution in [-0.2, 0) is 14.6 Å². The fourth-order valence-corrected chi connectivity index (χ4v) is 6.85. The molecular weight excluding hydrogens is 609 g/mol. The summed E-state index contributed by atoms with van der Waals surface area (Å²) in [5, 5.41) is 0.387. The first-order valence-corrected chi connectivity index (χ1v) is 16.4. The number of halogens is 2. The maximum absolute atomic E-state index is 16.0. The maximum Gasteiger partial charge on any atom is 0.355 e. The highest BCUT2D eigenvalue weighted by molar-refractivity contribution is 7.90. The molecule has 0 unspecified atom stereocenters. The molecule has 2 fully saturated rings. The van der Waals surface area contributed by atoms with Gasteiger partial charge in [0.1, 0.15) is 22.2 Å². The molecule has 228 valence electrons. The quantitative estimate of drug-likeness (QED) is 0.289. The van der Waals surface area contributed by atoms with E-state index in [1.807, 2.05) is 11.8 Å². The number of sulfone groups is 1. The van der Waals surface area contributed by atoms with Crippen molar-refractivity contribution in [1.29, 1.82) is 0 Å². The first-order valence-electron chi connectivity index (χ1n) is 14.1. The second kappa shape index (κ2) is 11.4. The number of aromatic nitrogens is 5. The number of nitrogens with zero attached hydrogens (tertiary/aromatic N) is 7. The fraction of sp³-hybridized carbons (Fsp3) is 0.333. The lowest BCUT2D eigenvalue weighted by Crippen LogP contribution is -2.54. The summed E-state index contributed by atoms with van der Waals surface area (Å²) in [6.07, 6.45) is 10.4. The molecule has 4 aromatic heterocycles. The summed E-state index contributed by atoms with van der Waals surface area (Å²) < 4.78 is 43.3. The van der Waals surface area contributed by atoms with Crippen LogP contribution in [0.2, 0.25) is 5.02 Å². The number of fused-ring (bicyclic) bond motifs is 1. The molecule has 1 atom stereocenters. The van der Waals surface area contributed by atoms with Gasteiger partial charge in [-0.3, -0.25) is 14.8 Å². The van der Waals surface area contributed by atoms with E-state index in [-0.39, 0.29) is 61.6 Å². The van der Waals surface area contributed by atoms with Crippen molar-refractivity contribution < 1.29 is 17.6 Å². The van der Waals surface area contributed by atoms with Gasteiger partial charge in [-0.25, -0.2) is 27.2 Å². The van der Waals surface area contributed by atoms with Gasteiger partial charge in [0.05, 0.1) is 16.1 Å². The molecule has 6 rings (SSSR count). The standard InChI is InChI=1S/C30H29ClFN7O4S/c1-4-25(40)37-10-11-38(17(2)16-37)28-19-12-23(32)26(21-14-33-9-8-22(21)31)35-29(19)39(30(41)36-28)27-20(18-6-5-7-18)13-34-15-24(27)44(3,42)43/h4,8-9,12-15,17-18H,1,5-7,10-11,16H2,2-3H3/t17-/m0/s1. The highest BCUT2D eigenvalue weighted by Crippen LogP contribution is 2.41. The Bertz CT molecular complexity index is 2000. The minimum atomic E-state index is -3.88. The first-order chi connectivity index (χ1) is 21.0. The Morgan fingerprint density at radius 3 is 2.57 bits per heavy atom. The molecule has 5 heterocycles. The molecule has 0 spiro atoms. The Balaban J connectivity index is 1.67. The second-order valence-corrected chi connectivity index (χ2v) is 13.5. The summed E-state index contributed by atoms with van der Waals surface area (Å²) >= 11 is 6.41. The molecule has 11 nitrogen and oxygen atoms in total. The van der Waals surface area contributed by atoms with Crippen LogP contribution in [0, 0.1) is 5.82 Å². The zero-order chi connectivity index (χ0) is 31.3. The minimum Gasteiger partial charge on any atom is -0.350 e. The summed E-state index contributed by atoms with van der Waals surface area (Å²) in [7, 11) is -3.88. The van der Waals surface area contributed by atoms with E-state index in [9.17, 15) is 18.0 Å². The van der Waals surface area contributed by atoms with Crippen LogP contribution in [0.5, 0.6) is 0 Å². The molecule has 2 aliphatic rings. The Hall–Kier alpha value is -4.23. The zero-order valence-electron chi connectivity index (χ0n) is 24.1. The molecule has 4 aromatic rings. The zero-order valence-corrected chi connectivity index (χ0v) is 25.6. The van der Waals surface area contributed by atoms with Crippen molar-refractivity contribution in [2.75, 3.05) is 30.8 Å². The third-order valence-electron chi connectivity index (χ3n) is 8.29. The topological polar surface area (TPSA) is 131 Å². The van der Waals surface area contributed by atoms with Crippen LogP contribution in [0.25, 0.3) is 28.0 Å². The predicted molar refractivity (Wildman–Crippen MR) is 164 cm³/mol. The lowest BCUT2D eigenvalue weighted by Gasteiger charge is -2.40. The number of amides is 1. The van der Waals surface area contributed by atoms with Gasteiger partial charge >= 0.3 is 5.69 Å². The monoisotopic (exact) mass is 637 g/mol. The van der Waals surface area contributed by atoms with Crippen molar-refractivity contribution in [2.24, 2.45) is 0 Å². The van der Waals surface area contributed by atoms with Gasteiger partial charge in [-0.1, -0.05) is 24.6 Å². The average Bonchev–Trinajstić information content (AvgIpc) is 2.95. The van der Waals surface area contributed by atoms with Crippen molar-refractivity contribution in [2.45, 2.75) is 43.0 Å². The summed E-state index contributed by atoms with van der Waals surface area (Å²) in [5.74, 6) is -0.796. The van der Waals surface area contributed by atoms with Gasteiger partial charge in [0.15, 0.2) is 15.5 Å². The number of piperazine rings is 1. The highest BCUT2D eigenvalue weighted by Gasteiger charge is 2.33. The molecule has 14 heteroatoms. The van der Waals surface area contributed by atoms with Gasteiger partial charge in [-0.05, 0) is 49.5 Å². The summed E-state index contributed by atoms with van der Waals surface area (Å²) in [6.45, 7) is 6.39. The van der Waals surface area contributed by atoms with E-state index in [4.69, 9.17) is 11.6 Å². The van der Waals surface area contributed by atoms with Crippen molar-refractivity contribution in [1.82, 2.24) is 29.4 Å². The van der Waals surface area contributed by atoms with E-state index in [0.717, 1.165) is 30.1 Å². The van der Waals surface area contributed by atoms with E-state index in [1.54, 1.807) is 11.1 Å². The minimum absolute atomic E-state index is 0.00444. The molecule has 1 saturated heterocycles. The van der Waals surface area contributed by atoms with Crippen molar-refractivity contribution in [3.8, 4) is 16.9 Å². The summed E-state index contributed by atoms with van der Waals surface area (Å²) in [6, 6.07) is 2.43. The molecule has 1 aliphatic carbocycles. The van der Waals surface area contributed by atoms with Crippen molar-refractivity contribution >= 4 is 44.2 Å². The summed E-state index contributed by atoms with van der Waals surface area (Å²) in [5.41, 5.74) is -0.0519. The fourth-order valence-electron chi connectivity index (χ4n) is 5.85. The lowest BCUT2D eigenvalue weighted by molar-refractivity contribution is -0.126. The molecule has 0 N–H and O–H groups in total. The van der Waals surface area contributed by atoms with Crippen LogP contribution in [0.4, 0.5) is 10.2 Å². The highest BCUT2D eigenvalue weighted by atomic mass is 35.5. The SMILES string of the molecule is C=CC(=O)N1CCN(c2nc(=O)n(-c3c(C4CCC4)cncc3S(C)(=O)=O)c3nc(-c4cnccc4Cl)c(F)cc23)[C@@H](C)C1. The van der Waals surface area contributed by atoms with Crippen LogP contribution in [-0.4, -0.2) is 75.7 Å². The van der Waals surface area contributed by atoms with E-state index >= 15 is 4.39 Å². The van der Waals surface area contributed by atoms with Gasteiger partial charge in [0, 0.05) is 62.3 Å². The number of pyridine rings is 3. The number of anilines is 1. The van der Waals surface area contributed by atoms with Crippen molar-refractivity contribution in [3.05, 3.63) is 76.5 Å². The van der Waals surface area contributed by atoms with Gasteiger partial charge in [0.25, 0.3) is 0 Å². The lowest BCUT2D eigenvalue weighted by atomic mass is 9.80. The van der Waals surface area contributed by atoms with Crippen LogP contribution in [0.15, 0.2) is 59.3 Å². The number of rotatable bonds is 6. The predicted octanol–water partition coefficient (Wildman–Crippen LogP) is 3.92. The molecule has 44 heavy (non-hydrogen) atoms. The second-order valence-electron chi connectivity index (χ2n) is 11.1. The molecule has 1 amide bonds. The van der Waals surface area contributed by atoms with Gasteiger partial charge in [0.2, 0.25) is 5.91 Å². The van der Waals surface area contributed by atoms with Gasteiger partial charge in [-0.2, -0.15) is 4.98 Å². The molecule has 1 aliphatic heterocycles. The summed E-state index contributed by atoms with van der Waals surface area (Å²) in [4.78, 5) is 47.1. The molecule has 0 bridgehead atoms. The van der Waals surface area contributed by atoms with Crippen LogP contribution in [0.1, 0.15) is 37.7 Å². The third-order valence-corrected chi connectivity index (χ3v) is 9.72. The molecule has 1 saturated carbocycles. The number of carbonyl (C=O) groups excluding carboxylic acids is 1. The van der Waals surface area contributed by atoms with E-state index < -0.39 is 21.3 Å². The maximum atomic E-state index is 16.0. The Morgan fingerprint density at radius 1 is 1.16 bits per heavy atom. The van der Waals surface area contributed by atoms with E-state index in [0.29, 0.717) is 25.2 Å². The number of carbonyl (C=O) groups is 1. The van der Waals surface area contributed by atoms with Crippen LogP contribution < -0.4 is 10.6 Å². The Morgan fingerprint density at radius 2 is 1.93 bits per heavy atom. The third kappa shape index (κ3) is 5.13. The van der Waals surface area contributed by atoms with E-state index in [2.05, 4.69) is 26.5 Å². The first kappa shape index (κ1) is 29.8. The van der Waals surface area contributed by atoms with Crippen LogP contribution in [0.3, 0.4) is 0 Å². The van der Waals surface area contributed by atoms with Gasteiger partial charge < -0.3 is 9.80 Å². The normalized spacial score (nSPS) is 17.5. The number of hydrogen-bond acceptors (Lipinski definition) is 9. The average molecular weight is 638 g/mol. The van der Waals surface area contributed by atoms with Crippen molar-refractivity contribution in [3.63, 3.8) is 0 Å². The smallest absolute Gasteiger partial charge is 0.350 e. The Kier molecular flexibility index (Phi) is 7.70. The molecular formula is C30H29ClFN7O4S. The van der Waals surface area contributed by atoms with Crippen LogP contribution >= 0.6 is 11.6 Å². The van der Waals surface area contributed by atoms with E-state index in [1.165, 1.54) is 36.8 Å². The van der Waals surface area contributed by atoms with Gasteiger partial charge in [-0.15, -0.1) is 0 Å².